The average molecular weight is 226 g/mol. The predicted octanol–water partition coefficient (Wildman–Crippen LogP) is 4.10. The third-order valence-electron chi connectivity index (χ3n) is 3.19. The summed E-state index contributed by atoms with van der Waals surface area (Å²) in [6, 6.07) is 0. The monoisotopic (exact) mass is 226 g/mol. The van der Waals surface area contributed by atoms with Crippen LogP contribution in [0.3, 0.4) is 0 Å². The Morgan fingerprint density at radius 1 is 1.29 bits per heavy atom. The van der Waals surface area contributed by atoms with E-state index < -0.39 is 0 Å². The lowest BCUT2D eigenvalue weighted by Crippen LogP contribution is -2.31. The van der Waals surface area contributed by atoms with Gasteiger partial charge in [-0.1, -0.05) is 26.5 Å². The molecule has 1 spiro atoms. The van der Waals surface area contributed by atoms with Crippen molar-refractivity contribution in [1.29, 1.82) is 0 Å². The van der Waals surface area contributed by atoms with Crippen molar-refractivity contribution in [3.05, 3.63) is 23.8 Å². The van der Waals surface area contributed by atoms with Crippen molar-refractivity contribution in [2.24, 2.45) is 5.41 Å². The molecule has 0 amide bonds. The van der Waals surface area contributed by atoms with E-state index in [0.29, 0.717) is 4.08 Å². The van der Waals surface area contributed by atoms with Gasteiger partial charge in [0, 0.05) is 11.5 Å². The second-order valence-electron chi connectivity index (χ2n) is 4.88. The van der Waals surface area contributed by atoms with E-state index in [1.165, 1.54) is 29.1 Å². The third-order valence-corrected chi connectivity index (χ3v) is 6.48. The van der Waals surface area contributed by atoms with Crippen molar-refractivity contribution in [1.82, 2.24) is 0 Å². The van der Waals surface area contributed by atoms with Crippen LogP contribution in [0.1, 0.15) is 27.2 Å². The van der Waals surface area contributed by atoms with E-state index >= 15 is 0 Å². The Hall–Kier alpha value is 0.180. The Bertz CT molecular complexity index is 293. The summed E-state index contributed by atoms with van der Waals surface area (Å²) in [6.07, 6.45) is 3.69. The van der Waals surface area contributed by atoms with Gasteiger partial charge in [-0.05, 0) is 29.9 Å². The van der Waals surface area contributed by atoms with Gasteiger partial charge >= 0.3 is 0 Å². The van der Waals surface area contributed by atoms with Gasteiger partial charge in [0.2, 0.25) is 0 Å². The minimum Gasteiger partial charge on any atom is -0.139 e. The molecule has 0 aromatic heterocycles. The molecule has 0 nitrogen and oxygen atoms in total. The molecule has 1 saturated heterocycles. The molecule has 0 atom stereocenters. The van der Waals surface area contributed by atoms with Gasteiger partial charge in [-0.3, -0.25) is 0 Å². The van der Waals surface area contributed by atoms with Gasteiger partial charge in [0.05, 0.1) is 4.08 Å². The Kier molecular flexibility index (Phi) is 2.55. The summed E-state index contributed by atoms with van der Waals surface area (Å²) in [6.45, 7) is 11.1. The average Bonchev–Trinajstić information content (AvgIpc) is 2.48. The largest absolute Gasteiger partial charge is 0.139 e. The first-order chi connectivity index (χ1) is 6.45. The standard InChI is InChI=1S/C12H18S2/c1-9-7-12(13-5-6-14-12)8-11(3,4)10(9)2/h7H,2,5-6,8H2,1,3-4H3. The zero-order chi connectivity index (χ0) is 10.4. The summed E-state index contributed by atoms with van der Waals surface area (Å²) in [5.74, 6) is 2.61. The molecule has 2 rings (SSSR count). The maximum Gasteiger partial charge on any atom is 0.0805 e. The molecule has 2 aliphatic rings. The van der Waals surface area contributed by atoms with Crippen LogP contribution in [0, 0.1) is 5.41 Å². The van der Waals surface area contributed by atoms with Gasteiger partial charge in [-0.25, -0.2) is 0 Å². The SMILES string of the molecule is C=C1C(C)=CC2(CC1(C)C)SCCS2. The zero-order valence-corrected chi connectivity index (χ0v) is 10.9. The topological polar surface area (TPSA) is 0 Å². The van der Waals surface area contributed by atoms with Crippen LogP contribution in [-0.4, -0.2) is 15.6 Å². The Balaban J connectivity index is 2.36. The van der Waals surface area contributed by atoms with Crippen molar-refractivity contribution in [2.75, 3.05) is 11.5 Å². The highest BCUT2D eigenvalue weighted by Crippen LogP contribution is 2.57. The van der Waals surface area contributed by atoms with Gasteiger partial charge < -0.3 is 0 Å². The number of hydrogen-bond acceptors (Lipinski definition) is 2. The van der Waals surface area contributed by atoms with E-state index in [4.69, 9.17) is 0 Å². The van der Waals surface area contributed by atoms with Crippen LogP contribution >= 0.6 is 23.5 Å². The first kappa shape index (κ1) is 10.7. The molecule has 14 heavy (non-hydrogen) atoms. The minimum atomic E-state index is 0.281. The highest BCUT2D eigenvalue weighted by Gasteiger charge is 2.43. The second kappa shape index (κ2) is 3.34. The lowest BCUT2D eigenvalue weighted by molar-refractivity contribution is 0.401. The molecule has 0 bridgehead atoms. The van der Waals surface area contributed by atoms with Crippen LogP contribution in [0.4, 0.5) is 0 Å². The summed E-state index contributed by atoms with van der Waals surface area (Å²) >= 11 is 4.24. The second-order valence-corrected chi connectivity index (χ2v) is 7.98. The summed E-state index contributed by atoms with van der Waals surface area (Å²) < 4.78 is 0.370. The van der Waals surface area contributed by atoms with Gasteiger partial charge in [0.1, 0.15) is 0 Å². The highest BCUT2D eigenvalue weighted by molar-refractivity contribution is 8.21. The Labute approximate surface area is 95.6 Å². The molecule has 1 aliphatic heterocycles. The van der Waals surface area contributed by atoms with Crippen LogP contribution < -0.4 is 0 Å². The van der Waals surface area contributed by atoms with Crippen molar-refractivity contribution in [3.8, 4) is 0 Å². The van der Waals surface area contributed by atoms with E-state index in [0.717, 1.165) is 0 Å². The number of thioether (sulfide) groups is 2. The first-order valence-corrected chi connectivity index (χ1v) is 7.09. The lowest BCUT2D eigenvalue weighted by Gasteiger charge is -2.41. The smallest absolute Gasteiger partial charge is 0.0805 e. The lowest BCUT2D eigenvalue weighted by atomic mass is 9.73. The van der Waals surface area contributed by atoms with Crippen LogP contribution in [0.5, 0.6) is 0 Å². The van der Waals surface area contributed by atoms with Gasteiger partial charge in [-0.2, -0.15) is 0 Å². The molecule has 0 aromatic carbocycles. The Morgan fingerprint density at radius 2 is 1.86 bits per heavy atom. The Morgan fingerprint density at radius 3 is 2.36 bits per heavy atom. The van der Waals surface area contributed by atoms with E-state index in [-0.39, 0.29) is 5.41 Å². The van der Waals surface area contributed by atoms with E-state index in [1.807, 2.05) is 0 Å². The van der Waals surface area contributed by atoms with Crippen molar-refractivity contribution < 1.29 is 0 Å². The van der Waals surface area contributed by atoms with Crippen molar-refractivity contribution in [2.45, 2.75) is 31.3 Å². The van der Waals surface area contributed by atoms with E-state index in [2.05, 4.69) is 56.9 Å². The van der Waals surface area contributed by atoms with Crippen LogP contribution in [0.25, 0.3) is 0 Å². The summed E-state index contributed by atoms with van der Waals surface area (Å²) in [7, 11) is 0. The molecule has 0 N–H and O–H groups in total. The molecule has 1 fully saturated rings. The highest BCUT2D eigenvalue weighted by atomic mass is 32.2. The van der Waals surface area contributed by atoms with Crippen LogP contribution in [0.2, 0.25) is 0 Å². The van der Waals surface area contributed by atoms with Crippen LogP contribution in [0.15, 0.2) is 23.8 Å². The third kappa shape index (κ3) is 1.67. The molecule has 1 aliphatic carbocycles. The molecule has 0 radical (unpaired) electrons. The zero-order valence-electron chi connectivity index (χ0n) is 9.22. The molecule has 0 saturated carbocycles. The van der Waals surface area contributed by atoms with Crippen molar-refractivity contribution in [3.63, 3.8) is 0 Å². The number of hydrogen-bond donors (Lipinski definition) is 0. The summed E-state index contributed by atoms with van der Waals surface area (Å²) in [5.41, 5.74) is 3.02. The number of rotatable bonds is 0. The first-order valence-electron chi connectivity index (χ1n) is 5.12. The molecule has 1 heterocycles. The molecule has 0 unspecified atom stereocenters. The maximum absolute atomic E-state index is 4.22. The normalized spacial score (nSPS) is 29.4. The fourth-order valence-electron chi connectivity index (χ4n) is 2.38. The fraction of sp³-hybridized carbons (Fsp3) is 0.667. The quantitative estimate of drug-likeness (QED) is 0.610. The molecule has 2 heteroatoms. The van der Waals surface area contributed by atoms with E-state index in [9.17, 15) is 0 Å². The van der Waals surface area contributed by atoms with Gasteiger partial charge in [0.15, 0.2) is 0 Å². The fourth-order valence-corrected chi connectivity index (χ4v) is 6.02. The maximum atomic E-state index is 4.22. The molecular formula is C12H18S2. The van der Waals surface area contributed by atoms with E-state index in [1.54, 1.807) is 0 Å². The predicted molar refractivity (Wildman–Crippen MR) is 68.9 cm³/mol. The molecule has 0 aromatic rings. The molecule has 78 valence electrons. The van der Waals surface area contributed by atoms with Gasteiger partial charge in [-0.15, -0.1) is 23.5 Å². The summed E-state index contributed by atoms with van der Waals surface area (Å²) in [4.78, 5) is 0. The van der Waals surface area contributed by atoms with Crippen molar-refractivity contribution >= 4 is 23.5 Å². The van der Waals surface area contributed by atoms with Gasteiger partial charge in [0.25, 0.3) is 0 Å². The van der Waals surface area contributed by atoms with Crippen LogP contribution in [-0.2, 0) is 0 Å². The summed E-state index contributed by atoms with van der Waals surface area (Å²) in [5, 5.41) is 0. The molecular weight excluding hydrogens is 208 g/mol. The minimum absolute atomic E-state index is 0.281. The number of allylic oxidation sites excluding steroid dienone is 2.